The van der Waals surface area contributed by atoms with Crippen LogP contribution in [0, 0.1) is 0 Å². The van der Waals surface area contributed by atoms with Gasteiger partial charge in [-0.15, -0.1) is 5.10 Å². The summed E-state index contributed by atoms with van der Waals surface area (Å²) in [5.74, 6) is -0.518. The minimum atomic E-state index is -1.49. The number of nitrogens with zero attached hydrogens (tertiary/aromatic N) is 3. The number of hydrogen-bond acceptors (Lipinski definition) is 5. The first-order valence-electron chi connectivity index (χ1n) is 5.23. The first-order chi connectivity index (χ1) is 8.56. The third kappa shape index (κ3) is 2.73. The van der Waals surface area contributed by atoms with Crippen molar-refractivity contribution in [3.8, 4) is 11.3 Å². The van der Waals surface area contributed by atoms with Crippen LogP contribution < -0.4 is 5.73 Å². The Balaban J connectivity index is 2.28. The third-order valence-electron chi connectivity index (χ3n) is 2.33. The van der Waals surface area contributed by atoms with Crippen molar-refractivity contribution >= 4 is 13.0 Å². The Labute approximate surface area is 103 Å². The van der Waals surface area contributed by atoms with Gasteiger partial charge in [0.05, 0.1) is 12.6 Å². The molecule has 0 atom stereocenters. The number of aromatic nitrogens is 3. The summed E-state index contributed by atoms with van der Waals surface area (Å²) in [6, 6.07) is 6.66. The van der Waals surface area contributed by atoms with Crippen LogP contribution in [0.3, 0.4) is 0 Å². The highest BCUT2D eigenvalue weighted by Gasteiger charge is 2.11. The summed E-state index contributed by atoms with van der Waals surface area (Å²) in [6.07, 6.45) is 1.49. The van der Waals surface area contributed by atoms with Crippen molar-refractivity contribution in [2.24, 2.45) is 5.73 Å². The van der Waals surface area contributed by atoms with Crippen LogP contribution in [0.5, 0.6) is 0 Å². The van der Waals surface area contributed by atoms with E-state index in [9.17, 15) is 4.79 Å². The van der Waals surface area contributed by atoms with Gasteiger partial charge in [0.25, 0.3) is 0 Å². The van der Waals surface area contributed by atoms with Gasteiger partial charge in [-0.2, -0.15) is 0 Å². The summed E-state index contributed by atoms with van der Waals surface area (Å²) in [6.45, 7) is 0. The van der Waals surface area contributed by atoms with Gasteiger partial charge < -0.3 is 15.8 Å². The third-order valence-corrected chi connectivity index (χ3v) is 2.33. The molecule has 2 aromatic rings. The molecule has 0 radical (unpaired) electrons. The van der Waals surface area contributed by atoms with Gasteiger partial charge in [0, 0.05) is 11.1 Å². The van der Waals surface area contributed by atoms with Gasteiger partial charge in [-0.1, -0.05) is 17.3 Å². The van der Waals surface area contributed by atoms with Crippen molar-refractivity contribution in [2.45, 2.75) is 6.44 Å². The van der Waals surface area contributed by atoms with Crippen molar-refractivity contribution < 1.29 is 14.8 Å². The van der Waals surface area contributed by atoms with Gasteiger partial charge in [0.1, 0.15) is 5.69 Å². The van der Waals surface area contributed by atoms with Crippen molar-refractivity contribution in [3.05, 3.63) is 36.0 Å². The molecule has 7 nitrogen and oxygen atoms in total. The molecule has 2 rings (SSSR count). The van der Waals surface area contributed by atoms with Crippen LogP contribution in [0.1, 0.15) is 10.4 Å². The number of carbonyl (C=O) groups is 1. The molecule has 0 bridgehead atoms. The largest absolute Gasteiger partial charge is 0.474 e. The van der Waals surface area contributed by atoms with Crippen LogP contribution in [-0.2, 0) is 6.44 Å². The van der Waals surface area contributed by atoms with E-state index in [0.29, 0.717) is 16.8 Å². The van der Waals surface area contributed by atoms with Gasteiger partial charge in [-0.25, -0.2) is 0 Å². The molecule has 0 aliphatic rings. The van der Waals surface area contributed by atoms with E-state index in [1.54, 1.807) is 30.5 Å². The Morgan fingerprint density at radius 3 is 2.89 bits per heavy atom. The molecule has 0 saturated carbocycles. The van der Waals surface area contributed by atoms with E-state index in [1.165, 1.54) is 4.68 Å². The molecule has 0 fully saturated rings. The molecule has 0 aliphatic heterocycles. The summed E-state index contributed by atoms with van der Waals surface area (Å²) in [5.41, 5.74) is 6.78. The molecular formula is C10H11BN4O3. The Kier molecular flexibility index (Phi) is 3.40. The lowest BCUT2D eigenvalue weighted by atomic mass is 9.93. The van der Waals surface area contributed by atoms with Crippen molar-refractivity contribution in [1.82, 2.24) is 15.0 Å². The second-order valence-electron chi connectivity index (χ2n) is 3.75. The van der Waals surface area contributed by atoms with E-state index < -0.39 is 13.0 Å². The maximum absolute atomic E-state index is 11.1. The average Bonchev–Trinajstić information content (AvgIpc) is 2.77. The Bertz CT molecular complexity index is 570. The van der Waals surface area contributed by atoms with Crippen molar-refractivity contribution in [2.75, 3.05) is 0 Å². The normalized spacial score (nSPS) is 10.3. The molecule has 0 unspecified atom stereocenters. The fourth-order valence-corrected chi connectivity index (χ4v) is 1.52. The zero-order valence-electron chi connectivity index (χ0n) is 9.39. The van der Waals surface area contributed by atoms with Crippen molar-refractivity contribution in [1.29, 1.82) is 0 Å². The second-order valence-corrected chi connectivity index (χ2v) is 3.75. The SMILES string of the molecule is NC(=O)c1cccc(-c2cn(CB(O)O)nn2)c1. The first-order valence-corrected chi connectivity index (χ1v) is 5.23. The van der Waals surface area contributed by atoms with E-state index in [0.717, 1.165) is 0 Å². The minimum absolute atomic E-state index is 0.0670. The van der Waals surface area contributed by atoms with E-state index in [1.807, 2.05) is 0 Å². The van der Waals surface area contributed by atoms with Crippen molar-refractivity contribution in [3.63, 3.8) is 0 Å². The van der Waals surface area contributed by atoms with Crippen LogP contribution in [0.15, 0.2) is 30.5 Å². The predicted molar refractivity (Wildman–Crippen MR) is 64.2 cm³/mol. The number of primary amides is 1. The van der Waals surface area contributed by atoms with Gasteiger partial charge in [0.2, 0.25) is 5.91 Å². The molecule has 8 heteroatoms. The molecule has 1 heterocycles. The van der Waals surface area contributed by atoms with Crippen LogP contribution in [-0.4, -0.2) is 38.1 Å². The monoisotopic (exact) mass is 246 g/mol. The summed E-state index contributed by atoms with van der Waals surface area (Å²) >= 11 is 0. The van der Waals surface area contributed by atoms with Gasteiger partial charge in [-0.3, -0.25) is 9.48 Å². The zero-order chi connectivity index (χ0) is 13.1. The van der Waals surface area contributed by atoms with Gasteiger partial charge in [-0.05, 0) is 12.1 Å². The Morgan fingerprint density at radius 1 is 1.44 bits per heavy atom. The highest BCUT2D eigenvalue weighted by Crippen LogP contribution is 2.17. The standard InChI is InChI=1S/C10H11BN4O3/c12-10(16)8-3-1-2-7(4-8)9-5-15(14-13-9)6-11(17)18/h1-5,17-18H,6H2,(H2,12,16). The topological polar surface area (TPSA) is 114 Å². The smallest absolute Gasteiger partial charge is 0.426 e. The number of amides is 1. The first kappa shape index (κ1) is 12.3. The lowest BCUT2D eigenvalue weighted by molar-refractivity contribution is 0.100. The predicted octanol–water partition coefficient (Wildman–Crippen LogP) is -0.944. The lowest BCUT2D eigenvalue weighted by Crippen LogP contribution is -2.20. The Hall–Kier alpha value is -2.19. The highest BCUT2D eigenvalue weighted by atomic mass is 16.4. The van der Waals surface area contributed by atoms with Crippen LogP contribution in [0.2, 0.25) is 0 Å². The summed E-state index contributed by atoms with van der Waals surface area (Å²) in [7, 11) is -1.49. The molecule has 0 aliphatic carbocycles. The van der Waals surface area contributed by atoms with Crippen LogP contribution in [0.25, 0.3) is 11.3 Å². The molecule has 92 valence electrons. The van der Waals surface area contributed by atoms with E-state index in [2.05, 4.69) is 10.3 Å². The molecule has 4 N–H and O–H groups in total. The number of nitrogens with two attached hydrogens (primary N) is 1. The average molecular weight is 246 g/mol. The minimum Gasteiger partial charge on any atom is -0.426 e. The molecule has 18 heavy (non-hydrogen) atoms. The molecule has 1 aromatic heterocycles. The quantitative estimate of drug-likeness (QED) is 0.602. The van der Waals surface area contributed by atoms with Crippen LogP contribution in [0.4, 0.5) is 0 Å². The molecule has 1 aromatic carbocycles. The fourth-order valence-electron chi connectivity index (χ4n) is 1.52. The lowest BCUT2D eigenvalue weighted by Gasteiger charge is -1.99. The van der Waals surface area contributed by atoms with Crippen LogP contribution >= 0.6 is 0 Å². The zero-order valence-corrected chi connectivity index (χ0v) is 9.39. The number of carbonyl (C=O) groups excluding carboxylic acids is 1. The van der Waals surface area contributed by atoms with E-state index >= 15 is 0 Å². The molecule has 1 amide bonds. The van der Waals surface area contributed by atoms with Gasteiger partial charge >= 0.3 is 7.12 Å². The molecule has 0 saturated heterocycles. The summed E-state index contributed by atoms with van der Waals surface area (Å²) in [5, 5.41) is 25.2. The number of rotatable bonds is 4. The fraction of sp³-hybridized carbons (Fsp3) is 0.100. The van der Waals surface area contributed by atoms with Gasteiger partial charge in [0.15, 0.2) is 0 Å². The Morgan fingerprint density at radius 2 is 2.22 bits per heavy atom. The maximum Gasteiger partial charge on any atom is 0.474 e. The highest BCUT2D eigenvalue weighted by molar-refractivity contribution is 6.39. The van der Waals surface area contributed by atoms with E-state index in [4.69, 9.17) is 15.8 Å². The maximum atomic E-state index is 11.1. The number of benzene rings is 1. The number of hydrogen-bond donors (Lipinski definition) is 3. The summed E-state index contributed by atoms with van der Waals surface area (Å²) in [4.78, 5) is 11.1. The molecular weight excluding hydrogens is 235 g/mol. The summed E-state index contributed by atoms with van der Waals surface area (Å²) < 4.78 is 1.30. The molecule has 0 spiro atoms. The van der Waals surface area contributed by atoms with E-state index in [-0.39, 0.29) is 6.44 Å². The second kappa shape index (κ2) is 4.99.